The highest BCUT2D eigenvalue weighted by Crippen LogP contribution is 2.26. The highest BCUT2D eigenvalue weighted by atomic mass is 32.2. The Morgan fingerprint density at radius 3 is 2.30 bits per heavy atom. The molecule has 0 saturated carbocycles. The third-order valence-corrected chi connectivity index (χ3v) is 6.35. The van der Waals surface area contributed by atoms with E-state index in [4.69, 9.17) is 4.74 Å². The van der Waals surface area contributed by atoms with Gasteiger partial charge in [-0.05, 0) is 37.6 Å². The van der Waals surface area contributed by atoms with E-state index in [-0.39, 0.29) is 17.3 Å². The summed E-state index contributed by atoms with van der Waals surface area (Å²) in [5.74, 6) is -0.203. The van der Waals surface area contributed by atoms with Gasteiger partial charge in [0.2, 0.25) is 21.9 Å². The van der Waals surface area contributed by atoms with Crippen molar-refractivity contribution in [2.75, 3.05) is 52.2 Å². The number of morpholine rings is 1. The first-order chi connectivity index (χ1) is 15.4. The number of guanidine groups is 1. The van der Waals surface area contributed by atoms with Crippen LogP contribution in [0.2, 0.25) is 0 Å². The number of nitriles is 1. The number of hydrogen-bond acceptors (Lipinski definition) is 7. The minimum absolute atomic E-state index is 0.147. The summed E-state index contributed by atoms with van der Waals surface area (Å²) in [4.78, 5) is 22.1. The molecule has 0 radical (unpaired) electrons. The average molecular weight is 485 g/mol. The Morgan fingerprint density at radius 1 is 1.21 bits per heavy atom. The lowest BCUT2D eigenvalue weighted by molar-refractivity contribution is -0.124. The fourth-order valence-corrected chi connectivity index (χ4v) is 4.61. The monoisotopic (exact) mass is 484 g/mol. The number of aliphatic imine (C=N–C) groups is 1. The van der Waals surface area contributed by atoms with Crippen LogP contribution in [0.25, 0.3) is 0 Å². The zero-order chi connectivity index (χ0) is 24.7. The van der Waals surface area contributed by atoms with Gasteiger partial charge in [0, 0.05) is 26.2 Å². The molecule has 0 bridgehead atoms. The van der Waals surface area contributed by atoms with Gasteiger partial charge in [-0.2, -0.15) is 5.26 Å². The molecule has 0 aliphatic carbocycles. The van der Waals surface area contributed by atoms with Crippen molar-refractivity contribution >= 4 is 21.9 Å². The van der Waals surface area contributed by atoms with Gasteiger partial charge in [0.05, 0.1) is 25.5 Å². The van der Waals surface area contributed by atoms with E-state index in [0.29, 0.717) is 45.6 Å². The van der Waals surface area contributed by atoms with Crippen molar-refractivity contribution in [3.8, 4) is 6.07 Å². The number of carbonyl (C=O) groups excluding carboxylic acids is 1. The Labute approximate surface area is 198 Å². The largest absolute Gasteiger partial charge is 0.378 e. The Kier molecular flexibility index (Phi) is 9.52. The number of nitrogens with zero attached hydrogens (tertiary/aromatic N) is 4. The summed E-state index contributed by atoms with van der Waals surface area (Å²) in [6.45, 7) is 12.5. The van der Waals surface area contributed by atoms with E-state index in [9.17, 15) is 18.5 Å². The third-order valence-electron chi connectivity index (χ3n) is 5.80. The van der Waals surface area contributed by atoms with Crippen molar-refractivity contribution in [1.29, 1.82) is 5.26 Å². The van der Waals surface area contributed by atoms with Crippen LogP contribution in [0, 0.1) is 16.7 Å². The summed E-state index contributed by atoms with van der Waals surface area (Å²) in [5.41, 5.74) is -1.17. The standard InChI is InChI=1S/C22H40N6O4S/c1-6-9-27-10-7-22(17-23,8-11-27)25-19(29)18(16-21(2,3)4)24-20(26-33(5,30)31)28-12-14-32-15-13-28/h18H,6-16H2,1-5H3,(H,24,26)(H,25,29)/t18-/m0/s1. The molecule has 2 N–H and O–H groups in total. The van der Waals surface area contributed by atoms with E-state index >= 15 is 0 Å². The van der Waals surface area contributed by atoms with Crippen molar-refractivity contribution in [3.63, 3.8) is 0 Å². The SMILES string of the molecule is CCCN1CCC(C#N)(NC(=O)[C@H](CC(C)(C)C)N=C(NS(C)(=O)=O)N2CCOCC2)CC1. The highest BCUT2D eigenvalue weighted by molar-refractivity contribution is 7.89. The Balaban J connectivity index is 2.29. The summed E-state index contributed by atoms with van der Waals surface area (Å²) < 4.78 is 31.9. The molecular weight excluding hydrogens is 444 g/mol. The van der Waals surface area contributed by atoms with Crippen molar-refractivity contribution in [2.45, 2.75) is 65.0 Å². The van der Waals surface area contributed by atoms with E-state index in [2.05, 4.69) is 32.9 Å². The molecule has 1 amide bonds. The van der Waals surface area contributed by atoms with Gasteiger partial charge < -0.3 is 19.9 Å². The molecule has 11 heteroatoms. The van der Waals surface area contributed by atoms with Gasteiger partial charge >= 0.3 is 0 Å². The van der Waals surface area contributed by atoms with Gasteiger partial charge in [0.25, 0.3) is 0 Å². The molecule has 0 spiro atoms. The molecular formula is C22H40N6O4S. The van der Waals surface area contributed by atoms with E-state index in [1.807, 2.05) is 20.8 Å². The third kappa shape index (κ3) is 9.10. The molecule has 33 heavy (non-hydrogen) atoms. The molecule has 2 saturated heterocycles. The van der Waals surface area contributed by atoms with Gasteiger partial charge in [0.15, 0.2) is 0 Å². The van der Waals surface area contributed by atoms with Crippen LogP contribution in [-0.2, 0) is 19.6 Å². The molecule has 2 heterocycles. The maximum Gasteiger partial charge on any atom is 0.246 e. The predicted molar refractivity (Wildman–Crippen MR) is 128 cm³/mol. The lowest BCUT2D eigenvalue weighted by atomic mass is 9.85. The molecule has 2 aliphatic rings. The van der Waals surface area contributed by atoms with E-state index in [0.717, 1.165) is 32.3 Å². The molecule has 10 nitrogen and oxygen atoms in total. The first kappa shape index (κ1) is 27.3. The van der Waals surface area contributed by atoms with Crippen molar-refractivity contribution in [3.05, 3.63) is 0 Å². The molecule has 188 valence electrons. The molecule has 2 fully saturated rings. The van der Waals surface area contributed by atoms with Crippen LogP contribution in [0.15, 0.2) is 4.99 Å². The number of hydrogen-bond donors (Lipinski definition) is 2. The van der Waals surface area contributed by atoms with Crippen LogP contribution in [0.3, 0.4) is 0 Å². The summed E-state index contributed by atoms with van der Waals surface area (Å²) in [6.07, 6.45) is 3.63. The minimum Gasteiger partial charge on any atom is -0.378 e. The van der Waals surface area contributed by atoms with E-state index < -0.39 is 21.6 Å². The zero-order valence-corrected chi connectivity index (χ0v) is 21.5. The lowest BCUT2D eigenvalue weighted by Gasteiger charge is -2.38. The molecule has 1 atom stereocenters. The molecule has 0 unspecified atom stereocenters. The van der Waals surface area contributed by atoms with Crippen LogP contribution < -0.4 is 10.0 Å². The topological polar surface area (TPSA) is 127 Å². The van der Waals surface area contributed by atoms with Gasteiger partial charge in [0.1, 0.15) is 11.6 Å². The fraction of sp³-hybridized carbons (Fsp3) is 0.864. The molecule has 0 aromatic carbocycles. The number of ether oxygens (including phenoxy) is 1. The van der Waals surface area contributed by atoms with Crippen LogP contribution in [0.4, 0.5) is 0 Å². The molecule has 2 rings (SSSR count). The van der Waals surface area contributed by atoms with Gasteiger partial charge in [-0.1, -0.05) is 27.7 Å². The predicted octanol–water partition coefficient (Wildman–Crippen LogP) is 0.913. The summed E-state index contributed by atoms with van der Waals surface area (Å²) in [5, 5.41) is 12.9. The van der Waals surface area contributed by atoms with Crippen molar-refractivity contribution in [1.82, 2.24) is 19.8 Å². The second kappa shape index (κ2) is 11.5. The zero-order valence-electron chi connectivity index (χ0n) is 20.7. The maximum absolute atomic E-state index is 13.4. The van der Waals surface area contributed by atoms with Crippen LogP contribution in [0.1, 0.15) is 53.4 Å². The number of nitrogens with one attached hydrogen (secondary N) is 2. The second-order valence-electron chi connectivity index (χ2n) is 10.2. The summed E-state index contributed by atoms with van der Waals surface area (Å²) >= 11 is 0. The smallest absolute Gasteiger partial charge is 0.246 e. The van der Waals surface area contributed by atoms with Crippen LogP contribution in [0.5, 0.6) is 0 Å². The molecule has 2 aliphatic heterocycles. The number of amides is 1. The average Bonchev–Trinajstić information content (AvgIpc) is 2.73. The van der Waals surface area contributed by atoms with Gasteiger partial charge in [-0.25, -0.2) is 13.4 Å². The van der Waals surface area contributed by atoms with Gasteiger partial charge in [-0.15, -0.1) is 0 Å². The number of likely N-dealkylation sites (tertiary alicyclic amines) is 1. The number of carbonyl (C=O) groups is 1. The van der Waals surface area contributed by atoms with Crippen molar-refractivity contribution < 1.29 is 17.9 Å². The molecule has 0 aromatic heterocycles. The van der Waals surface area contributed by atoms with Crippen LogP contribution in [-0.4, -0.2) is 93.9 Å². The normalized spacial score (nSPS) is 21.2. The highest BCUT2D eigenvalue weighted by Gasteiger charge is 2.38. The summed E-state index contributed by atoms with van der Waals surface area (Å²) in [6, 6.07) is 1.50. The molecule has 0 aromatic rings. The number of sulfonamides is 1. The summed E-state index contributed by atoms with van der Waals surface area (Å²) in [7, 11) is -3.60. The fourth-order valence-electron chi connectivity index (χ4n) is 4.10. The number of rotatable bonds is 7. The number of piperidine rings is 1. The minimum atomic E-state index is -3.60. The Morgan fingerprint density at radius 2 is 1.82 bits per heavy atom. The van der Waals surface area contributed by atoms with Crippen molar-refractivity contribution in [2.24, 2.45) is 10.4 Å². The Hall–Kier alpha value is -1.90. The quantitative estimate of drug-likeness (QED) is 0.406. The van der Waals surface area contributed by atoms with E-state index in [1.54, 1.807) is 4.90 Å². The van der Waals surface area contributed by atoms with Gasteiger partial charge in [-0.3, -0.25) is 9.52 Å². The van der Waals surface area contributed by atoms with E-state index in [1.165, 1.54) is 0 Å². The lowest BCUT2D eigenvalue weighted by Crippen LogP contribution is -2.57. The van der Waals surface area contributed by atoms with Crippen LogP contribution >= 0.6 is 0 Å². The second-order valence-corrected chi connectivity index (χ2v) is 12.0. The first-order valence-corrected chi connectivity index (χ1v) is 13.6. The Bertz CT molecular complexity index is 832. The first-order valence-electron chi connectivity index (χ1n) is 11.7. The maximum atomic E-state index is 13.4.